The minimum atomic E-state index is -1.25. The molecule has 1 amide bonds. The molecule has 3 heterocycles. The average Bonchev–Trinajstić information content (AvgIpc) is 3.31. The summed E-state index contributed by atoms with van der Waals surface area (Å²) in [5, 5.41) is 44.2. The number of imidazole rings is 1. The van der Waals surface area contributed by atoms with Gasteiger partial charge in [0.1, 0.15) is 35.5 Å². The van der Waals surface area contributed by atoms with E-state index in [0.29, 0.717) is 43.0 Å². The third kappa shape index (κ3) is 5.17. The Morgan fingerprint density at radius 1 is 1.32 bits per heavy atom. The number of aliphatic hydroxyl groups excluding tert-OH is 4. The van der Waals surface area contributed by atoms with E-state index in [0.717, 1.165) is 0 Å². The van der Waals surface area contributed by atoms with Crippen LogP contribution in [0.15, 0.2) is 6.33 Å². The van der Waals surface area contributed by atoms with Gasteiger partial charge in [0.2, 0.25) is 11.9 Å². The second-order valence-corrected chi connectivity index (χ2v) is 7.57. The lowest BCUT2D eigenvalue weighted by molar-refractivity contribution is -0.123. The minimum Gasteiger partial charge on any atom is -0.394 e. The molecule has 1 aliphatic rings. The first-order valence-corrected chi connectivity index (χ1v) is 10.3. The number of amides is 1. The number of nitrogens with zero attached hydrogens (tertiary/aromatic N) is 3. The molecule has 0 saturated carbocycles. The van der Waals surface area contributed by atoms with Crippen LogP contribution in [0, 0.1) is 4.64 Å². The predicted molar refractivity (Wildman–Crippen MR) is 112 cm³/mol. The summed E-state index contributed by atoms with van der Waals surface area (Å²) in [6, 6.07) is -0.921. The van der Waals surface area contributed by atoms with Crippen molar-refractivity contribution in [1.82, 2.24) is 24.8 Å². The van der Waals surface area contributed by atoms with Crippen LogP contribution in [0.3, 0.4) is 0 Å². The molecule has 0 aliphatic carbocycles. The molecule has 0 bridgehead atoms. The second-order valence-electron chi connectivity index (χ2n) is 7.18. The van der Waals surface area contributed by atoms with Gasteiger partial charge in [-0.1, -0.05) is 12.2 Å². The van der Waals surface area contributed by atoms with E-state index in [1.165, 1.54) is 10.9 Å². The van der Waals surface area contributed by atoms with Crippen LogP contribution in [-0.2, 0) is 9.53 Å². The average molecular weight is 458 g/mol. The Morgan fingerprint density at radius 2 is 2.06 bits per heavy atom. The monoisotopic (exact) mass is 457 g/mol. The van der Waals surface area contributed by atoms with E-state index in [4.69, 9.17) is 27.8 Å². The van der Waals surface area contributed by atoms with E-state index in [9.17, 15) is 20.1 Å². The Balaban J connectivity index is 1.61. The van der Waals surface area contributed by atoms with Crippen molar-refractivity contribution in [3.05, 3.63) is 11.0 Å². The zero-order valence-corrected chi connectivity index (χ0v) is 17.5. The van der Waals surface area contributed by atoms with Crippen molar-refractivity contribution in [3.8, 4) is 0 Å². The molecule has 5 atom stereocenters. The van der Waals surface area contributed by atoms with E-state index in [1.807, 2.05) is 0 Å². The molecule has 13 nitrogen and oxygen atoms in total. The number of rotatable bonds is 10. The summed E-state index contributed by atoms with van der Waals surface area (Å²) in [5.74, 6) is -0.0119. The molecular formula is C17H27N7O6S. The lowest BCUT2D eigenvalue weighted by Gasteiger charge is -2.17. The van der Waals surface area contributed by atoms with Crippen molar-refractivity contribution in [2.45, 2.75) is 43.4 Å². The van der Waals surface area contributed by atoms with E-state index in [2.05, 4.69) is 25.6 Å². The van der Waals surface area contributed by atoms with Gasteiger partial charge in [-0.2, -0.15) is 0 Å². The van der Waals surface area contributed by atoms with Gasteiger partial charge in [0, 0.05) is 13.1 Å². The first-order valence-electron chi connectivity index (χ1n) is 9.84. The van der Waals surface area contributed by atoms with Crippen LogP contribution in [0.1, 0.15) is 19.1 Å². The standard InChI is InChI=1S/C17H27N7O6S/c18-8(5-25)14(29)19-3-1-2-4-20-17-22-13-10(15(31)23-17)21-7-24(13)16-12(28)11(27)9(6-26)30-16/h7-9,11-12,16,25-28H,1-6,18H2,(H,19,29)(H2,20,22,23,31)/t8?,9-,11+,12?,16-/m1/s1. The van der Waals surface area contributed by atoms with Gasteiger partial charge in [-0.05, 0) is 12.8 Å². The van der Waals surface area contributed by atoms with Crippen molar-refractivity contribution in [2.75, 3.05) is 31.6 Å². The Labute approximate surface area is 182 Å². The summed E-state index contributed by atoms with van der Waals surface area (Å²) in [4.78, 5) is 23.0. The summed E-state index contributed by atoms with van der Waals surface area (Å²) < 4.78 is 7.30. The van der Waals surface area contributed by atoms with Crippen LogP contribution < -0.4 is 16.4 Å². The highest BCUT2D eigenvalue weighted by Gasteiger charge is 2.43. The molecule has 0 spiro atoms. The molecule has 2 unspecified atom stereocenters. The van der Waals surface area contributed by atoms with Crippen LogP contribution in [-0.4, -0.2) is 96.5 Å². The molecule has 2 aromatic rings. The van der Waals surface area contributed by atoms with Gasteiger partial charge in [-0.15, -0.1) is 0 Å². The number of aromatic amines is 1. The van der Waals surface area contributed by atoms with Gasteiger partial charge in [0.25, 0.3) is 0 Å². The summed E-state index contributed by atoms with van der Waals surface area (Å²) >= 11 is 5.29. The van der Waals surface area contributed by atoms with Gasteiger partial charge >= 0.3 is 0 Å². The third-order valence-corrected chi connectivity index (χ3v) is 5.25. The maximum absolute atomic E-state index is 11.5. The summed E-state index contributed by atoms with van der Waals surface area (Å²) in [6.07, 6.45) is -1.54. The number of carbonyl (C=O) groups excluding carboxylic acids is 1. The number of carbonyl (C=O) groups is 1. The first-order chi connectivity index (χ1) is 14.9. The number of nitrogens with two attached hydrogens (primary N) is 1. The lowest BCUT2D eigenvalue weighted by Crippen LogP contribution is -2.43. The number of H-pyrrole nitrogens is 1. The van der Waals surface area contributed by atoms with Gasteiger partial charge < -0.3 is 46.5 Å². The number of anilines is 1. The zero-order chi connectivity index (χ0) is 22.5. The predicted octanol–water partition coefficient (Wildman–Crippen LogP) is -2.27. The highest BCUT2D eigenvalue weighted by atomic mass is 32.1. The van der Waals surface area contributed by atoms with Crippen molar-refractivity contribution in [2.24, 2.45) is 5.73 Å². The maximum Gasteiger partial charge on any atom is 0.239 e. The molecule has 14 heteroatoms. The fourth-order valence-corrected chi connectivity index (χ4v) is 3.45. The SMILES string of the molecule is NC(CO)C(=O)NCCCCNc1nc(=S)c2ncn([C@@H]3O[C@H](CO)[C@H](O)C3O)c2[nH]1. The van der Waals surface area contributed by atoms with Gasteiger partial charge in [-0.25, -0.2) is 9.97 Å². The smallest absolute Gasteiger partial charge is 0.239 e. The van der Waals surface area contributed by atoms with Crippen LogP contribution in [0.5, 0.6) is 0 Å². The van der Waals surface area contributed by atoms with Crippen molar-refractivity contribution in [3.63, 3.8) is 0 Å². The molecule has 3 rings (SSSR count). The Morgan fingerprint density at radius 3 is 2.74 bits per heavy atom. The van der Waals surface area contributed by atoms with Crippen molar-refractivity contribution in [1.29, 1.82) is 0 Å². The molecule has 9 N–H and O–H groups in total. The van der Waals surface area contributed by atoms with Crippen LogP contribution in [0.25, 0.3) is 11.2 Å². The van der Waals surface area contributed by atoms with Crippen molar-refractivity contribution >= 4 is 35.2 Å². The second kappa shape index (κ2) is 10.4. The molecule has 0 aromatic carbocycles. The summed E-state index contributed by atoms with van der Waals surface area (Å²) in [7, 11) is 0. The molecule has 2 aromatic heterocycles. The fourth-order valence-electron chi connectivity index (χ4n) is 3.20. The normalized spacial score (nSPS) is 24.4. The quantitative estimate of drug-likeness (QED) is 0.141. The fraction of sp³-hybridized carbons (Fsp3) is 0.647. The number of fused-ring (bicyclic) bond motifs is 1. The number of hydrogen-bond acceptors (Lipinski definition) is 11. The minimum absolute atomic E-state index is 0.243. The molecule has 1 fully saturated rings. The zero-order valence-electron chi connectivity index (χ0n) is 16.6. The Hall–Kier alpha value is -2.20. The van der Waals surface area contributed by atoms with E-state index in [1.54, 1.807) is 0 Å². The number of nitrogens with one attached hydrogen (secondary N) is 3. The molecule has 1 aliphatic heterocycles. The number of ether oxygens (including phenoxy) is 1. The van der Waals surface area contributed by atoms with E-state index in [-0.39, 0.29) is 4.64 Å². The molecule has 0 radical (unpaired) electrons. The number of aromatic nitrogens is 4. The molecule has 1 saturated heterocycles. The Bertz CT molecular complexity index is 953. The Kier molecular flexibility index (Phi) is 7.88. The van der Waals surface area contributed by atoms with Crippen LogP contribution in [0.2, 0.25) is 0 Å². The first kappa shape index (κ1) is 23.5. The highest BCUT2D eigenvalue weighted by molar-refractivity contribution is 7.71. The summed E-state index contributed by atoms with van der Waals surface area (Å²) in [5.41, 5.74) is 6.27. The number of hydrogen-bond donors (Lipinski definition) is 8. The summed E-state index contributed by atoms with van der Waals surface area (Å²) in [6.45, 7) is 0.125. The topological polar surface area (TPSA) is 204 Å². The van der Waals surface area contributed by atoms with Gasteiger partial charge in [-0.3, -0.25) is 9.36 Å². The number of aliphatic hydroxyl groups is 4. The van der Waals surface area contributed by atoms with Crippen molar-refractivity contribution < 1.29 is 30.0 Å². The molecule has 31 heavy (non-hydrogen) atoms. The van der Waals surface area contributed by atoms with E-state index < -0.39 is 49.7 Å². The lowest BCUT2D eigenvalue weighted by atomic mass is 10.1. The largest absolute Gasteiger partial charge is 0.394 e. The highest BCUT2D eigenvalue weighted by Crippen LogP contribution is 2.31. The molecule has 172 valence electrons. The van der Waals surface area contributed by atoms with Crippen LogP contribution >= 0.6 is 12.2 Å². The van der Waals surface area contributed by atoms with Gasteiger partial charge in [0.05, 0.1) is 19.5 Å². The third-order valence-electron chi connectivity index (χ3n) is 4.97. The molecular weight excluding hydrogens is 430 g/mol. The van der Waals surface area contributed by atoms with Gasteiger partial charge in [0.15, 0.2) is 10.9 Å². The number of unbranched alkanes of at least 4 members (excludes halogenated alkanes) is 1. The van der Waals surface area contributed by atoms with Crippen LogP contribution in [0.4, 0.5) is 5.95 Å². The van der Waals surface area contributed by atoms with E-state index >= 15 is 0 Å². The maximum atomic E-state index is 11.5.